The highest BCUT2D eigenvalue weighted by Crippen LogP contribution is 2.34. The fraction of sp³-hybridized carbons (Fsp3) is 0.0370. The lowest BCUT2D eigenvalue weighted by Gasteiger charge is -2.06. The van der Waals surface area contributed by atoms with E-state index in [0.717, 1.165) is 14.7 Å². The summed E-state index contributed by atoms with van der Waals surface area (Å²) >= 11 is 2.87. The van der Waals surface area contributed by atoms with Crippen molar-refractivity contribution in [2.24, 2.45) is 0 Å². The molecule has 4 aromatic carbocycles. The van der Waals surface area contributed by atoms with Gasteiger partial charge in [-0.2, -0.15) is 0 Å². The number of carbonyl (C=O) groups is 1. The second-order valence-corrected chi connectivity index (χ2v) is 9.54. The van der Waals surface area contributed by atoms with Crippen LogP contribution >= 0.6 is 23.5 Å². The molecule has 0 bridgehead atoms. The third kappa shape index (κ3) is 6.07. The first-order valence-corrected chi connectivity index (χ1v) is 11.9. The largest absolute Gasteiger partial charge is 0.508 e. The minimum absolute atomic E-state index is 0.0690. The van der Waals surface area contributed by atoms with Crippen molar-refractivity contribution in [3.05, 3.63) is 108 Å². The van der Waals surface area contributed by atoms with Gasteiger partial charge in [0.2, 0.25) is 0 Å². The molecular formula is C27H20FO4S2+. The van der Waals surface area contributed by atoms with Gasteiger partial charge in [-0.15, -0.1) is 0 Å². The molecule has 0 amide bonds. The summed E-state index contributed by atoms with van der Waals surface area (Å²) in [6, 6.07) is 25.7. The van der Waals surface area contributed by atoms with Gasteiger partial charge in [-0.1, -0.05) is 23.5 Å². The fourth-order valence-electron chi connectivity index (χ4n) is 3.10. The van der Waals surface area contributed by atoms with E-state index in [0.29, 0.717) is 21.8 Å². The number of aromatic hydroxyl groups is 1. The molecule has 2 N–H and O–H groups in total. The Bertz CT molecular complexity index is 1320. The molecule has 0 heterocycles. The Labute approximate surface area is 204 Å². The zero-order valence-corrected chi connectivity index (χ0v) is 19.7. The number of hydrogen-bond acceptors (Lipinski definition) is 5. The second kappa shape index (κ2) is 10.6. The van der Waals surface area contributed by atoms with E-state index in [-0.39, 0.29) is 11.5 Å². The molecule has 170 valence electrons. The van der Waals surface area contributed by atoms with Gasteiger partial charge in [0.15, 0.2) is 0 Å². The maximum Gasteiger partial charge on any atom is 0.354 e. The third-order valence-corrected chi connectivity index (χ3v) is 6.79. The molecule has 0 fully saturated rings. The molecule has 0 saturated heterocycles. The van der Waals surface area contributed by atoms with Crippen LogP contribution in [0.15, 0.2) is 111 Å². The van der Waals surface area contributed by atoms with Crippen LogP contribution in [0.5, 0.6) is 11.5 Å². The van der Waals surface area contributed by atoms with E-state index in [9.17, 15) is 19.1 Å². The van der Waals surface area contributed by atoms with Crippen LogP contribution in [-0.2, 0) is 4.79 Å². The lowest BCUT2D eigenvalue weighted by Crippen LogP contribution is -2.05. The van der Waals surface area contributed by atoms with Gasteiger partial charge in [-0.25, -0.2) is 4.39 Å². The van der Waals surface area contributed by atoms with Crippen LogP contribution in [0.25, 0.3) is 0 Å². The van der Waals surface area contributed by atoms with Crippen molar-refractivity contribution in [2.45, 2.75) is 26.5 Å². The predicted molar refractivity (Wildman–Crippen MR) is 132 cm³/mol. The van der Waals surface area contributed by atoms with Gasteiger partial charge in [0.05, 0.1) is 11.1 Å². The summed E-state index contributed by atoms with van der Waals surface area (Å²) < 4.78 is 19.8. The van der Waals surface area contributed by atoms with Crippen molar-refractivity contribution in [3.8, 4) is 11.5 Å². The third-order valence-electron chi connectivity index (χ3n) is 4.72. The summed E-state index contributed by atoms with van der Waals surface area (Å²) in [7, 11) is 0. The van der Waals surface area contributed by atoms with Crippen molar-refractivity contribution in [3.63, 3.8) is 0 Å². The number of ketones is 1. The highest BCUT2D eigenvalue weighted by molar-refractivity contribution is 7.99. The Kier molecular flexibility index (Phi) is 7.35. The molecule has 0 aliphatic heterocycles. The first kappa shape index (κ1) is 23.6. The van der Waals surface area contributed by atoms with E-state index in [1.807, 2.05) is 36.4 Å². The Hall–Kier alpha value is -3.55. The Balaban J connectivity index is 1.42. The number of benzene rings is 4. The van der Waals surface area contributed by atoms with Crippen molar-refractivity contribution in [1.29, 1.82) is 0 Å². The van der Waals surface area contributed by atoms with Crippen LogP contribution in [0, 0.1) is 5.82 Å². The maximum atomic E-state index is 14.8. The standard InChI is InChI=1S/C27H19FO4S2/c1-17(29)32-21-7-2-18(3-8-21)27(31)19-4-15-26(25(28)16-19)34-24-13-11-23(12-14-24)33-22-9-5-20(30)6-10-22/h2-16,30H,1H3/p+1. The van der Waals surface area contributed by atoms with Crippen LogP contribution in [0.4, 0.5) is 4.39 Å². The minimum Gasteiger partial charge on any atom is -0.508 e. The molecule has 0 aromatic heterocycles. The summed E-state index contributed by atoms with van der Waals surface area (Å²) in [4.78, 5) is 25.0. The van der Waals surface area contributed by atoms with Crippen LogP contribution in [0.2, 0.25) is 0 Å². The van der Waals surface area contributed by atoms with Crippen LogP contribution in [0.1, 0.15) is 18.1 Å². The van der Waals surface area contributed by atoms with E-state index in [4.69, 9.17) is 4.74 Å². The topological polar surface area (TPSA) is 67.9 Å². The van der Waals surface area contributed by atoms with Crippen LogP contribution in [0.3, 0.4) is 0 Å². The normalized spacial score (nSPS) is 10.6. The van der Waals surface area contributed by atoms with Crippen molar-refractivity contribution >= 4 is 35.3 Å². The number of halogens is 1. The molecule has 0 aliphatic carbocycles. The van der Waals surface area contributed by atoms with Crippen molar-refractivity contribution in [1.82, 2.24) is 0 Å². The second-order valence-electron chi connectivity index (χ2n) is 7.28. The van der Waals surface area contributed by atoms with E-state index in [1.54, 1.807) is 60.3 Å². The Morgan fingerprint density at radius 3 is 1.88 bits per heavy atom. The first-order chi connectivity index (χ1) is 16.4. The number of esters is 1. The predicted octanol–water partition coefficient (Wildman–Crippen LogP) is 6.70. The number of carbonyl (C=O) groups excluding carboxylic acids is 2. The number of phenols is 1. The molecule has 0 spiro atoms. The van der Waals surface area contributed by atoms with E-state index in [1.165, 1.54) is 24.8 Å². The minimum atomic E-state index is -0.437. The van der Waals surface area contributed by atoms with Crippen molar-refractivity contribution < 1.29 is 23.8 Å². The maximum absolute atomic E-state index is 14.8. The summed E-state index contributed by atoms with van der Waals surface area (Å²) in [5.41, 5.74) is 0.833. The van der Waals surface area contributed by atoms with E-state index in [2.05, 4.69) is 0 Å². The Morgan fingerprint density at radius 1 is 0.794 bits per heavy atom. The zero-order valence-electron chi connectivity index (χ0n) is 18.1. The monoisotopic (exact) mass is 491 g/mol. The van der Waals surface area contributed by atoms with Gasteiger partial charge in [-0.05, 0) is 91.0 Å². The highest BCUT2D eigenvalue weighted by Gasteiger charge is 2.18. The van der Waals surface area contributed by atoms with Crippen LogP contribution in [-0.4, -0.2) is 21.7 Å². The van der Waals surface area contributed by atoms with Gasteiger partial charge in [-0.3, -0.25) is 9.59 Å². The number of phenolic OH excluding ortho intramolecular Hbond substituents is 1. The van der Waals surface area contributed by atoms with Gasteiger partial charge in [0.25, 0.3) is 0 Å². The summed E-state index contributed by atoms with van der Waals surface area (Å²) in [5.74, 6) is -0.336. The quantitative estimate of drug-likeness (QED) is 0.135. The first-order valence-electron chi connectivity index (χ1n) is 10.3. The number of hydrogen-bond donors (Lipinski definition) is 1. The fourth-order valence-corrected chi connectivity index (χ4v) is 4.73. The SMILES string of the molecule is CC(=O)Oc1ccc(C(=[OH+])c2ccc(Sc3ccc(Sc4ccc(O)cc4)cc3)c(F)c2)cc1. The molecule has 7 heteroatoms. The summed E-state index contributed by atoms with van der Waals surface area (Å²) in [6.07, 6.45) is 0. The lowest BCUT2D eigenvalue weighted by molar-refractivity contribution is -0.131. The lowest BCUT2D eigenvalue weighted by atomic mass is 10.0. The molecule has 4 rings (SSSR count). The summed E-state index contributed by atoms with van der Waals surface area (Å²) in [6.45, 7) is 1.31. The molecule has 4 aromatic rings. The van der Waals surface area contributed by atoms with Crippen molar-refractivity contribution in [2.75, 3.05) is 0 Å². The molecule has 0 radical (unpaired) electrons. The molecule has 34 heavy (non-hydrogen) atoms. The average Bonchev–Trinajstić information content (AvgIpc) is 2.83. The zero-order chi connectivity index (χ0) is 24.1. The number of rotatable bonds is 7. The molecule has 0 aliphatic rings. The van der Waals surface area contributed by atoms with E-state index >= 15 is 0 Å². The van der Waals surface area contributed by atoms with Gasteiger partial charge < -0.3 is 9.84 Å². The van der Waals surface area contributed by atoms with E-state index < -0.39 is 11.8 Å². The highest BCUT2D eigenvalue weighted by atomic mass is 32.2. The van der Waals surface area contributed by atoms with Crippen LogP contribution < -0.4 is 4.74 Å². The van der Waals surface area contributed by atoms with Gasteiger partial charge in [0.1, 0.15) is 17.3 Å². The number of ether oxygens (including phenoxy) is 1. The molecule has 0 unspecified atom stereocenters. The smallest absolute Gasteiger partial charge is 0.354 e. The molecular weight excluding hydrogens is 471 g/mol. The average molecular weight is 492 g/mol. The summed E-state index contributed by atoms with van der Waals surface area (Å²) in [5, 5.41) is 9.39. The molecule has 0 saturated carbocycles. The van der Waals surface area contributed by atoms with Gasteiger partial charge >= 0.3 is 11.8 Å². The molecule has 4 nitrogen and oxygen atoms in total. The Morgan fingerprint density at radius 2 is 1.32 bits per heavy atom. The molecule has 0 atom stereocenters. The van der Waals surface area contributed by atoms with Gasteiger partial charge in [0, 0.05) is 26.5 Å².